The lowest BCUT2D eigenvalue weighted by atomic mass is 9.95. The molecule has 8 heteroatoms. The summed E-state index contributed by atoms with van der Waals surface area (Å²) in [6.45, 7) is 2.50. The van der Waals surface area contributed by atoms with Gasteiger partial charge in [0.1, 0.15) is 0 Å². The quantitative estimate of drug-likeness (QED) is 0.311. The lowest BCUT2D eigenvalue weighted by molar-refractivity contribution is 0.151. The molecule has 168 valence electrons. The molecule has 1 saturated carbocycles. The van der Waals surface area contributed by atoms with Crippen LogP contribution in [0.2, 0.25) is 5.02 Å². The van der Waals surface area contributed by atoms with Crippen LogP contribution in [0.25, 0.3) is 10.9 Å². The molecule has 0 bridgehead atoms. The van der Waals surface area contributed by atoms with E-state index in [0.29, 0.717) is 23.4 Å². The van der Waals surface area contributed by atoms with Gasteiger partial charge in [0.15, 0.2) is 5.69 Å². The van der Waals surface area contributed by atoms with Crippen LogP contribution < -0.4 is 5.32 Å². The monoisotopic (exact) mass is 469 g/mol. The van der Waals surface area contributed by atoms with Crippen molar-refractivity contribution in [1.82, 2.24) is 9.47 Å². The van der Waals surface area contributed by atoms with Gasteiger partial charge < -0.3 is 10.4 Å². The summed E-state index contributed by atoms with van der Waals surface area (Å²) in [6.07, 6.45) is 6.25. The maximum Gasteiger partial charge on any atom is 0.221 e. The summed E-state index contributed by atoms with van der Waals surface area (Å²) in [4.78, 5) is 2.32. The fraction of sp³-hybridized carbons (Fsp3) is 0.375. The number of fused-ring (bicyclic) bond motifs is 1. The number of nitrogens with zero attached hydrogens (tertiary/aromatic N) is 4. The molecule has 0 aliphatic heterocycles. The fourth-order valence-corrected chi connectivity index (χ4v) is 4.68. The molecule has 0 spiro atoms. The van der Waals surface area contributed by atoms with E-state index in [1.54, 1.807) is 0 Å². The summed E-state index contributed by atoms with van der Waals surface area (Å²) < 4.78 is 1.90. The van der Waals surface area contributed by atoms with E-state index in [1.165, 1.54) is 32.1 Å². The summed E-state index contributed by atoms with van der Waals surface area (Å²) in [5, 5.41) is 24.3. The second-order valence-electron chi connectivity index (χ2n) is 8.35. The lowest BCUT2D eigenvalue weighted by Crippen LogP contribution is -2.34. The molecule has 0 atom stereocenters. The summed E-state index contributed by atoms with van der Waals surface area (Å²) in [7, 11) is 2.12. The van der Waals surface area contributed by atoms with Gasteiger partial charge in [-0.1, -0.05) is 55.1 Å². The molecule has 3 aromatic rings. The van der Waals surface area contributed by atoms with Crippen molar-refractivity contribution in [2.75, 3.05) is 12.4 Å². The first kappa shape index (κ1) is 22.7. The van der Waals surface area contributed by atoms with E-state index >= 15 is 0 Å². The molecule has 6 nitrogen and oxygen atoms in total. The normalized spacial score (nSPS) is 15.1. The summed E-state index contributed by atoms with van der Waals surface area (Å²) in [5.41, 5.74) is 3.01. The van der Waals surface area contributed by atoms with Crippen LogP contribution in [-0.4, -0.2) is 32.8 Å². The topological polar surface area (TPSA) is 65.2 Å². The van der Waals surface area contributed by atoms with Gasteiger partial charge in [0.2, 0.25) is 11.0 Å². The molecule has 0 amide bonds. The molecule has 32 heavy (non-hydrogen) atoms. The van der Waals surface area contributed by atoms with Crippen LogP contribution in [0, 0.1) is 6.92 Å². The second-order valence-corrected chi connectivity index (χ2v) is 9.14. The number of rotatable bonds is 5. The van der Waals surface area contributed by atoms with E-state index in [9.17, 15) is 5.11 Å². The highest BCUT2D eigenvalue weighted by Gasteiger charge is 2.22. The number of azo groups is 1. The molecule has 0 saturated heterocycles. The third kappa shape index (κ3) is 4.80. The van der Waals surface area contributed by atoms with Gasteiger partial charge in [0.05, 0.1) is 12.2 Å². The van der Waals surface area contributed by atoms with Gasteiger partial charge in [0, 0.05) is 22.1 Å². The van der Waals surface area contributed by atoms with Crippen LogP contribution >= 0.6 is 23.8 Å². The molecule has 1 heterocycles. The van der Waals surface area contributed by atoms with E-state index in [1.807, 2.05) is 54.0 Å². The number of nitrogens with one attached hydrogen (secondary N) is 1. The van der Waals surface area contributed by atoms with Gasteiger partial charge in [-0.2, -0.15) is 0 Å². The van der Waals surface area contributed by atoms with E-state index in [-0.39, 0.29) is 11.0 Å². The van der Waals surface area contributed by atoms with Crippen LogP contribution in [0.1, 0.15) is 37.7 Å². The van der Waals surface area contributed by atoms with Crippen molar-refractivity contribution in [2.24, 2.45) is 10.2 Å². The first-order chi connectivity index (χ1) is 15.5. The number of hydrogen-bond donors (Lipinski definition) is 2. The standard InChI is InChI=1S/C24H28ClN5OS/c1-16-19(25)12-8-13-20(16)26-24(32)28-27-22-18-11-6-7-14-21(18)30(23(22)31)15-29(2)17-9-4-3-5-10-17/h6-8,11-14,17,31H,3-5,9-10,15H2,1-2H3,(H,26,32). The second kappa shape index (κ2) is 9.98. The van der Waals surface area contributed by atoms with Gasteiger partial charge >= 0.3 is 0 Å². The molecule has 4 rings (SSSR count). The van der Waals surface area contributed by atoms with Crippen molar-refractivity contribution in [2.45, 2.75) is 51.7 Å². The average molecular weight is 470 g/mol. The molecular weight excluding hydrogens is 442 g/mol. The number of aromatic nitrogens is 1. The Morgan fingerprint density at radius 1 is 1.19 bits per heavy atom. The Labute approximate surface area is 198 Å². The van der Waals surface area contributed by atoms with Crippen molar-refractivity contribution >= 4 is 51.2 Å². The first-order valence-electron chi connectivity index (χ1n) is 10.9. The van der Waals surface area contributed by atoms with E-state index in [0.717, 1.165) is 22.2 Å². The van der Waals surface area contributed by atoms with Gasteiger partial charge in [-0.25, -0.2) is 0 Å². The summed E-state index contributed by atoms with van der Waals surface area (Å²) in [5.74, 6) is 0.0966. The summed E-state index contributed by atoms with van der Waals surface area (Å²) in [6, 6.07) is 13.9. The fourth-order valence-electron chi connectivity index (χ4n) is 4.35. The Kier molecular flexibility index (Phi) is 7.08. The Morgan fingerprint density at radius 2 is 1.94 bits per heavy atom. The van der Waals surface area contributed by atoms with Crippen molar-refractivity contribution in [3.05, 3.63) is 53.1 Å². The Morgan fingerprint density at radius 3 is 2.72 bits per heavy atom. The molecule has 1 aliphatic carbocycles. The number of benzene rings is 2. The predicted molar refractivity (Wildman–Crippen MR) is 135 cm³/mol. The van der Waals surface area contributed by atoms with Crippen LogP contribution in [0.5, 0.6) is 5.88 Å². The van der Waals surface area contributed by atoms with E-state index in [4.69, 9.17) is 23.8 Å². The zero-order chi connectivity index (χ0) is 22.7. The van der Waals surface area contributed by atoms with E-state index in [2.05, 4.69) is 27.5 Å². The van der Waals surface area contributed by atoms with Crippen LogP contribution in [0.4, 0.5) is 11.4 Å². The lowest BCUT2D eigenvalue weighted by Gasteiger charge is -2.31. The smallest absolute Gasteiger partial charge is 0.221 e. The molecule has 0 radical (unpaired) electrons. The Bertz CT molecular complexity index is 1150. The van der Waals surface area contributed by atoms with Crippen molar-refractivity contribution in [3.63, 3.8) is 0 Å². The van der Waals surface area contributed by atoms with Crippen molar-refractivity contribution in [1.29, 1.82) is 0 Å². The number of anilines is 1. The molecule has 1 aliphatic rings. The number of para-hydroxylation sites is 1. The van der Waals surface area contributed by atoms with Gasteiger partial charge in [-0.3, -0.25) is 9.47 Å². The molecule has 1 aromatic heterocycles. The highest BCUT2D eigenvalue weighted by atomic mass is 35.5. The van der Waals surface area contributed by atoms with Crippen molar-refractivity contribution in [3.8, 4) is 5.88 Å². The molecule has 2 aromatic carbocycles. The Hall–Kier alpha value is -2.48. The van der Waals surface area contributed by atoms with Gasteiger partial charge in [-0.05, 0) is 62.8 Å². The molecular formula is C24H28ClN5OS. The predicted octanol–water partition coefficient (Wildman–Crippen LogP) is 7.01. The minimum Gasteiger partial charge on any atom is -0.493 e. The largest absolute Gasteiger partial charge is 0.493 e. The third-order valence-electron chi connectivity index (χ3n) is 6.23. The highest BCUT2D eigenvalue weighted by Crippen LogP contribution is 2.39. The minimum atomic E-state index is 0.0966. The molecule has 0 unspecified atom stereocenters. The molecule has 1 fully saturated rings. The number of halogens is 1. The Balaban J connectivity index is 1.58. The SMILES string of the molecule is Cc1c(Cl)cccc1NC(=S)N=Nc1c(O)n(CN(C)C2CCCCC2)c2ccccc12. The number of thiocarbonyl (C=S) groups is 1. The zero-order valence-electron chi connectivity index (χ0n) is 18.4. The first-order valence-corrected chi connectivity index (χ1v) is 11.7. The van der Waals surface area contributed by atoms with Gasteiger partial charge in [-0.15, -0.1) is 10.2 Å². The van der Waals surface area contributed by atoms with Gasteiger partial charge in [0.25, 0.3) is 0 Å². The van der Waals surface area contributed by atoms with E-state index < -0.39 is 0 Å². The molecule has 2 N–H and O–H groups in total. The third-order valence-corrected chi connectivity index (χ3v) is 6.82. The van der Waals surface area contributed by atoms with Crippen molar-refractivity contribution < 1.29 is 5.11 Å². The number of aromatic hydroxyl groups is 1. The zero-order valence-corrected chi connectivity index (χ0v) is 20.0. The number of hydrogen-bond acceptors (Lipinski definition) is 4. The van der Waals surface area contributed by atoms with Crippen LogP contribution in [-0.2, 0) is 6.67 Å². The van der Waals surface area contributed by atoms with Crippen LogP contribution in [0.3, 0.4) is 0 Å². The maximum atomic E-state index is 11.0. The summed E-state index contributed by atoms with van der Waals surface area (Å²) >= 11 is 11.5. The van der Waals surface area contributed by atoms with Crippen LogP contribution in [0.15, 0.2) is 52.7 Å². The average Bonchev–Trinajstić information content (AvgIpc) is 3.07. The highest BCUT2D eigenvalue weighted by molar-refractivity contribution is 7.80. The maximum absolute atomic E-state index is 11.0. The minimum absolute atomic E-state index is 0.0966.